The van der Waals surface area contributed by atoms with Crippen LogP contribution < -0.4 is 5.32 Å². The minimum Gasteiger partial charge on any atom is -0.464 e. The van der Waals surface area contributed by atoms with Gasteiger partial charge in [0, 0.05) is 11.8 Å². The normalized spacial score (nSPS) is 20.4. The molecule has 0 aromatic carbocycles. The monoisotopic (exact) mass is 283 g/mol. The van der Waals surface area contributed by atoms with Gasteiger partial charge in [-0.15, -0.1) is 0 Å². The minimum absolute atomic E-state index is 0.0818. The van der Waals surface area contributed by atoms with Crippen molar-refractivity contribution in [2.24, 2.45) is 11.3 Å². The van der Waals surface area contributed by atoms with Gasteiger partial charge in [-0.25, -0.2) is 4.79 Å². The summed E-state index contributed by atoms with van der Waals surface area (Å²) in [5, 5.41) is 2.56. The molecule has 0 radical (unpaired) electrons. The van der Waals surface area contributed by atoms with E-state index < -0.39 is 23.3 Å². The van der Waals surface area contributed by atoms with Crippen LogP contribution in [0.2, 0.25) is 0 Å². The van der Waals surface area contributed by atoms with Gasteiger partial charge in [0.25, 0.3) is 0 Å². The predicted octanol–water partition coefficient (Wildman–Crippen LogP) is 1.84. The van der Waals surface area contributed by atoms with Gasteiger partial charge in [0.05, 0.1) is 13.0 Å². The van der Waals surface area contributed by atoms with Crippen LogP contribution in [0.3, 0.4) is 0 Å². The second kappa shape index (κ2) is 6.86. The Labute approximate surface area is 120 Å². The van der Waals surface area contributed by atoms with E-state index in [4.69, 9.17) is 4.74 Å². The van der Waals surface area contributed by atoms with Crippen LogP contribution >= 0.6 is 0 Å². The van der Waals surface area contributed by atoms with Gasteiger partial charge in [-0.1, -0.05) is 34.1 Å². The summed E-state index contributed by atoms with van der Waals surface area (Å²) in [7, 11) is 0. The first-order valence-electron chi connectivity index (χ1n) is 7.25. The highest BCUT2D eigenvalue weighted by atomic mass is 16.5. The van der Waals surface area contributed by atoms with Gasteiger partial charge in [0.15, 0.2) is 0 Å². The zero-order valence-electron chi connectivity index (χ0n) is 12.8. The lowest BCUT2D eigenvalue weighted by Crippen LogP contribution is -2.40. The van der Waals surface area contributed by atoms with Crippen LogP contribution in [0.1, 0.15) is 53.4 Å². The lowest BCUT2D eigenvalue weighted by atomic mass is 9.78. The fourth-order valence-corrected chi connectivity index (χ4v) is 2.39. The molecule has 0 saturated carbocycles. The summed E-state index contributed by atoms with van der Waals surface area (Å²) in [6.45, 7) is 8.27. The Bertz CT molecular complexity index is 389. The molecule has 0 aromatic heterocycles. The molecule has 2 atom stereocenters. The van der Waals surface area contributed by atoms with Crippen LogP contribution in [0.4, 0.5) is 0 Å². The standard InChI is InChI=1S/C15H25NO4/c1-5-10(2)9-15(3,4)12(17)8-13(18)16-11-6-7-20-14(11)19/h10-11H,5-9H2,1-4H3,(H,16,18). The molecule has 114 valence electrons. The van der Waals surface area contributed by atoms with Crippen LogP contribution in [0, 0.1) is 11.3 Å². The van der Waals surface area contributed by atoms with E-state index in [2.05, 4.69) is 19.2 Å². The van der Waals surface area contributed by atoms with Crippen LogP contribution in [-0.4, -0.2) is 30.3 Å². The van der Waals surface area contributed by atoms with Gasteiger partial charge < -0.3 is 10.1 Å². The zero-order chi connectivity index (χ0) is 15.3. The second-order valence-corrected chi connectivity index (χ2v) is 6.28. The molecule has 1 aliphatic heterocycles. The first-order chi connectivity index (χ1) is 9.26. The van der Waals surface area contributed by atoms with Crippen molar-refractivity contribution in [2.45, 2.75) is 59.4 Å². The summed E-state index contributed by atoms with van der Waals surface area (Å²) in [4.78, 5) is 35.3. The highest BCUT2D eigenvalue weighted by molar-refractivity contribution is 6.01. The Morgan fingerprint density at radius 3 is 2.60 bits per heavy atom. The van der Waals surface area contributed by atoms with Gasteiger partial charge in [-0.2, -0.15) is 0 Å². The topological polar surface area (TPSA) is 72.5 Å². The number of hydrogen-bond acceptors (Lipinski definition) is 4. The van der Waals surface area contributed by atoms with E-state index in [9.17, 15) is 14.4 Å². The van der Waals surface area contributed by atoms with Gasteiger partial charge in [-0.05, 0) is 12.3 Å². The molecular formula is C15H25NO4. The molecular weight excluding hydrogens is 258 g/mol. The van der Waals surface area contributed by atoms with Crippen molar-refractivity contribution in [3.05, 3.63) is 0 Å². The van der Waals surface area contributed by atoms with Gasteiger partial charge in [0.1, 0.15) is 11.8 Å². The lowest BCUT2D eigenvalue weighted by Gasteiger charge is -2.26. The highest BCUT2D eigenvalue weighted by Crippen LogP contribution is 2.29. The first-order valence-corrected chi connectivity index (χ1v) is 7.25. The van der Waals surface area contributed by atoms with Crippen molar-refractivity contribution in [1.82, 2.24) is 5.32 Å². The van der Waals surface area contributed by atoms with E-state index in [0.29, 0.717) is 18.9 Å². The number of carbonyl (C=O) groups is 3. The Balaban J connectivity index is 2.48. The van der Waals surface area contributed by atoms with E-state index in [0.717, 1.165) is 12.8 Å². The number of hydrogen-bond donors (Lipinski definition) is 1. The van der Waals surface area contributed by atoms with Crippen LogP contribution in [0.15, 0.2) is 0 Å². The number of carbonyl (C=O) groups excluding carboxylic acids is 3. The number of ketones is 1. The number of rotatable bonds is 7. The van der Waals surface area contributed by atoms with Crippen molar-refractivity contribution >= 4 is 17.7 Å². The molecule has 1 fully saturated rings. The Hall–Kier alpha value is -1.39. The highest BCUT2D eigenvalue weighted by Gasteiger charge is 2.32. The maximum Gasteiger partial charge on any atom is 0.328 e. The molecule has 5 nitrogen and oxygen atoms in total. The zero-order valence-corrected chi connectivity index (χ0v) is 12.8. The lowest BCUT2D eigenvalue weighted by molar-refractivity contribution is -0.142. The first kappa shape index (κ1) is 16.7. The SMILES string of the molecule is CCC(C)CC(C)(C)C(=O)CC(=O)NC1CCOC1=O. The predicted molar refractivity (Wildman–Crippen MR) is 75.0 cm³/mol. The molecule has 0 spiro atoms. The maximum absolute atomic E-state index is 12.2. The van der Waals surface area contributed by atoms with E-state index in [1.165, 1.54) is 0 Å². The van der Waals surface area contributed by atoms with Crippen molar-refractivity contribution < 1.29 is 19.1 Å². The number of cyclic esters (lactones) is 1. The van der Waals surface area contributed by atoms with E-state index in [1.54, 1.807) is 0 Å². The molecule has 1 N–H and O–H groups in total. The van der Waals surface area contributed by atoms with Crippen LogP contribution in [0.25, 0.3) is 0 Å². The number of nitrogens with one attached hydrogen (secondary N) is 1. The molecule has 0 bridgehead atoms. The summed E-state index contributed by atoms with van der Waals surface area (Å²) in [5.41, 5.74) is -0.511. The Kier molecular flexibility index (Phi) is 5.72. The summed E-state index contributed by atoms with van der Waals surface area (Å²) >= 11 is 0. The molecule has 1 saturated heterocycles. The number of amides is 1. The summed E-state index contributed by atoms with van der Waals surface area (Å²) in [6, 6.07) is -0.590. The molecule has 2 unspecified atom stereocenters. The molecule has 5 heteroatoms. The third-order valence-corrected chi connectivity index (χ3v) is 3.90. The fourth-order valence-electron chi connectivity index (χ4n) is 2.39. The Morgan fingerprint density at radius 1 is 1.45 bits per heavy atom. The van der Waals surface area contributed by atoms with E-state index in [-0.39, 0.29) is 12.2 Å². The van der Waals surface area contributed by atoms with Gasteiger partial charge >= 0.3 is 5.97 Å². The van der Waals surface area contributed by atoms with Crippen molar-refractivity contribution in [3.63, 3.8) is 0 Å². The maximum atomic E-state index is 12.2. The Morgan fingerprint density at radius 2 is 2.10 bits per heavy atom. The van der Waals surface area contributed by atoms with E-state index in [1.807, 2.05) is 13.8 Å². The average molecular weight is 283 g/mol. The largest absolute Gasteiger partial charge is 0.464 e. The number of esters is 1. The average Bonchev–Trinajstić information content (AvgIpc) is 2.74. The quantitative estimate of drug-likeness (QED) is 0.571. The molecule has 0 aromatic rings. The third-order valence-electron chi connectivity index (χ3n) is 3.90. The minimum atomic E-state index is -0.590. The van der Waals surface area contributed by atoms with Crippen molar-refractivity contribution in [2.75, 3.05) is 6.61 Å². The number of Topliss-reactive ketones (excluding diaryl/α,β-unsaturated/α-hetero) is 1. The summed E-state index contributed by atoms with van der Waals surface area (Å²) in [6.07, 6.45) is 2.08. The van der Waals surface area contributed by atoms with Gasteiger partial charge in [0.2, 0.25) is 5.91 Å². The fraction of sp³-hybridized carbons (Fsp3) is 0.800. The molecule has 1 rings (SSSR count). The molecule has 1 aliphatic rings. The second-order valence-electron chi connectivity index (χ2n) is 6.28. The third kappa shape index (κ3) is 4.62. The van der Waals surface area contributed by atoms with Crippen LogP contribution in [0.5, 0.6) is 0 Å². The molecule has 1 amide bonds. The molecule has 1 heterocycles. The molecule has 20 heavy (non-hydrogen) atoms. The van der Waals surface area contributed by atoms with Gasteiger partial charge in [-0.3, -0.25) is 9.59 Å². The van der Waals surface area contributed by atoms with Crippen LogP contribution in [-0.2, 0) is 19.1 Å². The van der Waals surface area contributed by atoms with Crippen molar-refractivity contribution in [1.29, 1.82) is 0 Å². The smallest absolute Gasteiger partial charge is 0.328 e. The number of ether oxygens (including phenoxy) is 1. The summed E-state index contributed by atoms with van der Waals surface area (Å²) in [5.74, 6) is -0.441. The van der Waals surface area contributed by atoms with Crippen molar-refractivity contribution in [3.8, 4) is 0 Å². The summed E-state index contributed by atoms with van der Waals surface area (Å²) < 4.78 is 4.77. The molecule has 0 aliphatic carbocycles. The van der Waals surface area contributed by atoms with E-state index >= 15 is 0 Å².